The number of hydrogen-bond acceptors (Lipinski definition) is 4. The summed E-state index contributed by atoms with van der Waals surface area (Å²) in [5.41, 5.74) is 2.27. The van der Waals surface area contributed by atoms with Crippen molar-refractivity contribution in [1.82, 2.24) is 10.3 Å². The van der Waals surface area contributed by atoms with Gasteiger partial charge in [0.05, 0.1) is 23.6 Å². The number of nitrogens with one attached hydrogen (secondary N) is 2. The van der Waals surface area contributed by atoms with Crippen LogP contribution in [0.4, 0.5) is 11.4 Å². The average molecular weight is 311 g/mol. The molecule has 0 aliphatic heterocycles. The fourth-order valence-corrected chi connectivity index (χ4v) is 2.18. The molecule has 3 rings (SSSR count). The van der Waals surface area contributed by atoms with Crippen molar-refractivity contribution in [3.8, 4) is 5.75 Å². The number of nitrogens with zero attached hydrogens (tertiary/aromatic N) is 1. The molecule has 2 N–H and O–H groups in total. The van der Waals surface area contributed by atoms with Crippen molar-refractivity contribution in [2.75, 3.05) is 5.32 Å². The SMILES string of the molecule is CC(C)Oc1ccc(Nc2cncc(C(=O)NC3CC3)c2)cc1. The molecule has 1 amide bonds. The van der Waals surface area contributed by atoms with Gasteiger partial charge in [-0.05, 0) is 57.0 Å². The first-order chi connectivity index (χ1) is 11.1. The number of benzene rings is 1. The summed E-state index contributed by atoms with van der Waals surface area (Å²) in [7, 11) is 0. The van der Waals surface area contributed by atoms with Gasteiger partial charge in [0.15, 0.2) is 0 Å². The number of amides is 1. The quantitative estimate of drug-likeness (QED) is 0.857. The number of carbonyl (C=O) groups excluding carboxylic acids is 1. The normalized spacial score (nSPS) is 13.7. The minimum absolute atomic E-state index is 0.0654. The summed E-state index contributed by atoms with van der Waals surface area (Å²) in [6.45, 7) is 3.99. The molecule has 5 heteroatoms. The van der Waals surface area contributed by atoms with Crippen molar-refractivity contribution in [3.05, 3.63) is 48.3 Å². The molecule has 1 aromatic carbocycles. The van der Waals surface area contributed by atoms with Gasteiger partial charge in [0, 0.05) is 17.9 Å². The Balaban J connectivity index is 1.66. The molecule has 23 heavy (non-hydrogen) atoms. The zero-order chi connectivity index (χ0) is 16.2. The number of rotatable bonds is 6. The highest BCUT2D eigenvalue weighted by atomic mass is 16.5. The van der Waals surface area contributed by atoms with Gasteiger partial charge >= 0.3 is 0 Å². The Bertz CT molecular complexity index is 679. The fraction of sp³-hybridized carbons (Fsp3) is 0.333. The van der Waals surface area contributed by atoms with E-state index in [9.17, 15) is 4.79 Å². The van der Waals surface area contributed by atoms with Crippen LogP contribution in [0.15, 0.2) is 42.7 Å². The van der Waals surface area contributed by atoms with Crippen LogP contribution in [-0.4, -0.2) is 23.0 Å². The summed E-state index contributed by atoms with van der Waals surface area (Å²) in [5, 5.41) is 6.21. The number of anilines is 2. The van der Waals surface area contributed by atoms with Crippen molar-refractivity contribution in [2.24, 2.45) is 0 Å². The smallest absolute Gasteiger partial charge is 0.253 e. The van der Waals surface area contributed by atoms with Gasteiger partial charge in [-0.15, -0.1) is 0 Å². The molecular formula is C18H21N3O2. The minimum Gasteiger partial charge on any atom is -0.491 e. The van der Waals surface area contributed by atoms with E-state index in [1.54, 1.807) is 12.4 Å². The van der Waals surface area contributed by atoms with Crippen molar-refractivity contribution in [3.63, 3.8) is 0 Å². The topological polar surface area (TPSA) is 63.2 Å². The lowest BCUT2D eigenvalue weighted by atomic mass is 10.2. The molecular weight excluding hydrogens is 290 g/mol. The van der Waals surface area contributed by atoms with E-state index in [-0.39, 0.29) is 12.0 Å². The number of pyridine rings is 1. The molecule has 0 unspecified atom stereocenters. The largest absolute Gasteiger partial charge is 0.491 e. The fourth-order valence-electron chi connectivity index (χ4n) is 2.18. The zero-order valence-corrected chi connectivity index (χ0v) is 13.4. The molecule has 0 spiro atoms. The van der Waals surface area contributed by atoms with Crippen LogP contribution in [0.2, 0.25) is 0 Å². The molecule has 5 nitrogen and oxygen atoms in total. The van der Waals surface area contributed by atoms with Crippen LogP contribution in [0.3, 0.4) is 0 Å². The van der Waals surface area contributed by atoms with Crippen LogP contribution in [0, 0.1) is 0 Å². The maximum absolute atomic E-state index is 12.1. The number of carbonyl (C=O) groups is 1. The molecule has 0 saturated heterocycles. The summed E-state index contributed by atoms with van der Waals surface area (Å²) in [6.07, 6.45) is 5.58. The van der Waals surface area contributed by atoms with E-state index in [1.807, 2.05) is 44.2 Å². The van der Waals surface area contributed by atoms with Crippen molar-refractivity contribution < 1.29 is 9.53 Å². The van der Waals surface area contributed by atoms with Gasteiger partial charge in [-0.25, -0.2) is 0 Å². The summed E-state index contributed by atoms with van der Waals surface area (Å²) < 4.78 is 5.62. The van der Waals surface area contributed by atoms with Crippen LogP contribution in [-0.2, 0) is 0 Å². The van der Waals surface area contributed by atoms with Crippen LogP contribution < -0.4 is 15.4 Å². The van der Waals surface area contributed by atoms with Crippen molar-refractivity contribution >= 4 is 17.3 Å². The summed E-state index contributed by atoms with van der Waals surface area (Å²) in [5.74, 6) is 0.769. The van der Waals surface area contributed by atoms with E-state index in [0.29, 0.717) is 11.6 Å². The highest BCUT2D eigenvalue weighted by Gasteiger charge is 2.23. The highest BCUT2D eigenvalue weighted by Crippen LogP contribution is 2.22. The Kier molecular flexibility index (Phi) is 4.46. The molecule has 120 valence electrons. The molecule has 1 aliphatic rings. The Morgan fingerprint density at radius 2 is 1.91 bits per heavy atom. The predicted molar refractivity (Wildman–Crippen MR) is 90.2 cm³/mol. The van der Waals surface area contributed by atoms with E-state index >= 15 is 0 Å². The second-order valence-electron chi connectivity index (χ2n) is 6.03. The number of aromatic nitrogens is 1. The van der Waals surface area contributed by atoms with Gasteiger partial charge in [-0.2, -0.15) is 0 Å². The lowest BCUT2D eigenvalue weighted by Gasteiger charge is -2.11. The van der Waals surface area contributed by atoms with E-state index in [1.165, 1.54) is 0 Å². The van der Waals surface area contributed by atoms with Crippen LogP contribution >= 0.6 is 0 Å². The maximum Gasteiger partial charge on any atom is 0.253 e. The Labute approximate surface area is 136 Å². The van der Waals surface area contributed by atoms with Gasteiger partial charge in [0.25, 0.3) is 5.91 Å². The Morgan fingerprint density at radius 1 is 1.17 bits per heavy atom. The van der Waals surface area contributed by atoms with Gasteiger partial charge in [-0.3, -0.25) is 9.78 Å². The van der Waals surface area contributed by atoms with E-state index in [4.69, 9.17) is 4.74 Å². The Hall–Kier alpha value is -2.56. The summed E-state index contributed by atoms with van der Waals surface area (Å²) >= 11 is 0. The van der Waals surface area contributed by atoms with Crippen LogP contribution in [0.5, 0.6) is 5.75 Å². The third kappa shape index (κ3) is 4.45. The van der Waals surface area contributed by atoms with E-state index in [0.717, 1.165) is 30.0 Å². The van der Waals surface area contributed by atoms with Gasteiger partial charge < -0.3 is 15.4 Å². The highest BCUT2D eigenvalue weighted by molar-refractivity contribution is 5.95. The van der Waals surface area contributed by atoms with Crippen molar-refractivity contribution in [2.45, 2.75) is 38.8 Å². The molecule has 1 saturated carbocycles. The summed E-state index contributed by atoms with van der Waals surface area (Å²) in [4.78, 5) is 16.2. The van der Waals surface area contributed by atoms with E-state index in [2.05, 4.69) is 15.6 Å². The van der Waals surface area contributed by atoms with Gasteiger partial charge in [0.1, 0.15) is 5.75 Å². The zero-order valence-electron chi connectivity index (χ0n) is 13.4. The monoisotopic (exact) mass is 311 g/mol. The minimum atomic E-state index is -0.0654. The predicted octanol–water partition coefficient (Wildman–Crippen LogP) is 3.50. The summed E-state index contributed by atoms with van der Waals surface area (Å²) in [6, 6.07) is 9.86. The Morgan fingerprint density at radius 3 is 2.57 bits per heavy atom. The third-order valence-corrected chi connectivity index (χ3v) is 3.43. The molecule has 1 heterocycles. The first-order valence-electron chi connectivity index (χ1n) is 7.90. The molecule has 0 bridgehead atoms. The maximum atomic E-state index is 12.1. The molecule has 1 fully saturated rings. The van der Waals surface area contributed by atoms with E-state index < -0.39 is 0 Å². The van der Waals surface area contributed by atoms with Gasteiger partial charge in [-0.1, -0.05) is 0 Å². The standard InChI is InChI=1S/C18H21N3O2/c1-12(2)23-17-7-5-14(6-8-17)20-16-9-13(10-19-11-16)18(22)21-15-3-4-15/h5-12,15,20H,3-4H2,1-2H3,(H,21,22). The second-order valence-corrected chi connectivity index (χ2v) is 6.03. The molecule has 0 atom stereocenters. The second kappa shape index (κ2) is 6.69. The lowest BCUT2D eigenvalue weighted by molar-refractivity contribution is 0.0950. The first-order valence-corrected chi connectivity index (χ1v) is 7.90. The van der Waals surface area contributed by atoms with Crippen LogP contribution in [0.1, 0.15) is 37.0 Å². The third-order valence-electron chi connectivity index (χ3n) is 3.43. The number of hydrogen-bond donors (Lipinski definition) is 2. The first kappa shape index (κ1) is 15.3. The van der Waals surface area contributed by atoms with Gasteiger partial charge in [0.2, 0.25) is 0 Å². The molecule has 1 aliphatic carbocycles. The van der Waals surface area contributed by atoms with Crippen molar-refractivity contribution in [1.29, 1.82) is 0 Å². The lowest BCUT2D eigenvalue weighted by Crippen LogP contribution is -2.25. The molecule has 2 aromatic rings. The average Bonchev–Trinajstić information content (AvgIpc) is 3.33. The number of ether oxygens (including phenoxy) is 1. The molecule has 1 aromatic heterocycles. The van der Waals surface area contributed by atoms with Crippen LogP contribution in [0.25, 0.3) is 0 Å². The molecule has 0 radical (unpaired) electrons.